The number of alkyl halides is 1. The molecule has 0 radical (unpaired) electrons. The summed E-state index contributed by atoms with van der Waals surface area (Å²) in [4.78, 5) is 37.1. The number of halogens is 2. The van der Waals surface area contributed by atoms with Crippen LogP contribution in [0.25, 0.3) is 10.9 Å². The Morgan fingerprint density at radius 3 is 2.70 bits per heavy atom. The molecular weight excluding hydrogens is 550 g/mol. The van der Waals surface area contributed by atoms with Crippen LogP contribution in [0.1, 0.15) is 51.3 Å². The Labute approximate surface area is 248 Å². The smallest absolute Gasteiger partial charge is 0.255 e. The summed E-state index contributed by atoms with van der Waals surface area (Å²) in [5.41, 5.74) is 4.62. The predicted octanol–water partition coefficient (Wildman–Crippen LogP) is 4.83. The number of aromatic nitrogens is 2. The predicted molar refractivity (Wildman–Crippen MR) is 161 cm³/mol. The first-order valence-electron chi connectivity index (χ1n) is 14.0. The van der Waals surface area contributed by atoms with Gasteiger partial charge in [0.1, 0.15) is 12.0 Å². The average Bonchev–Trinajstić information content (AvgIpc) is 2.97. The summed E-state index contributed by atoms with van der Waals surface area (Å²) in [6.07, 6.45) is 0.180. The third-order valence-corrected chi connectivity index (χ3v) is 7.93. The van der Waals surface area contributed by atoms with Crippen LogP contribution in [0.5, 0.6) is 0 Å². The van der Waals surface area contributed by atoms with E-state index in [0.717, 1.165) is 24.2 Å². The summed E-state index contributed by atoms with van der Waals surface area (Å²) in [5.74, 6) is 4.85. The van der Waals surface area contributed by atoms with Gasteiger partial charge in [-0.3, -0.25) is 19.8 Å². The first-order chi connectivity index (χ1) is 20.6. The molecule has 0 saturated carbocycles. The zero-order chi connectivity index (χ0) is 30.2. The normalized spacial score (nSPS) is 18.3. The number of aryl methyl sites for hydroxylation is 1. The summed E-state index contributed by atoms with van der Waals surface area (Å²) in [6, 6.07) is 13.3. The largest absolute Gasteiger partial charge is 0.322 e. The molecule has 3 heterocycles. The molecule has 0 spiro atoms. The standard InChI is InChI=1S/C33H30F2N6O2/c1-19-4-6-23(14-22(19)7-5-21-12-28(34)27-16-36-33(37-20(2)42)39-29(27)13-21)32(43)38-25-9-8-24-17-41-11-10-40(3)18-30(41)31(35)26(24)15-25/h4,6,8-9,12-16,30-31H,10-11,17-18H2,1-3H3,(H,38,43)(H,36,37,39,42)/t30-,31?/m1/s1. The third kappa shape index (κ3) is 5.95. The van der Waals surface area contributed by atoms with Gasteiger partial charge in [-0.2, -0.15) is 0 Å². The first-order valence-corrected chi connectivity index (χ1v) is 14.0. The van der Waals surface area contributed by atoms with E-state index in [1.54, 1.807) is 30.3 Å². The van der Waals surface area contributed by atoms with Gasteiger partial charge in [0, 0.05) is 61.7 Å². The molecule has 0 bridgehead atoms. The van der Waals surface area contributed by atoms with Gasteiger partial charge in [0.25, 0.3) is 5.91 Å². The molecule has 218 valence electrons. The van der Waals surface area contributed by atoms with Crippen LogP contribution in [0.15, 0.2) is 54.7 Å². The van der Waals surface area contributed by atoms with Crippen LogP contribution in [-0.4, -0.2) is 64.3 Å². The van der Waals surface area contributed by atoms with Crippen molar-refractivity contribution >= 4 is 34.4 Å². The topological polar surface area (TPSA) is 90.5 Å². The number of nitrogens with zero attached hydrogens (tertiary/aromatic N) is 4. The van der Waals surface area contributed by atoms with Crippen LogP contribution in [0.4, 0.5) is 20.4 Å². The minimum Gasteiger partial charge on any atom is -0.322 e. The number of rotatable bonds is 3. The fourth-order valence-electron chi connectivity index (χ4n) is 5.59. The molecule has 2 amide bonds. The molecule has 2 N–H and O–H groups in total. The zero-order valence-corrected chi connectivity index (χ0v) is 24.0. The van der Waals surface area contributed by atoms with Gasteiger partial charge in [-0.15, -0.1) is 0 Å². The summed E-state index contributed by atoms with van der Waals surface area (Å²) in [6.45, 7) is 6.33. The number of fused-ring (bicyclic) bond motifs is 3. The minimum absolute atomic E-state index is 0.0728. The second-order valence-electron chi connectivity index (χ2n) is 11.1. The Morgan fingerprint density at radius 2 is 1.88 bits per heavy atom. The number of nitrogens with one attached hydrogen (secondary N) is 2. The molecule has 2 aliphatic heterocycles. The van der Waals surface area contributed by atoms with E-state index in [9.17, 15) is 14.0 Å². The number of piperazine rings is 1. The Hall–Kier alpha value is -4.72. The van der Waals surface area contributed by atoms with Crippen molar-refractivity contribution in [3.8, 4) is 11.8 Å². The lowest BCUT2D eigenvalue weighted by Gasteiger charge is -2.45. The van der Waals surface area contributed by atoms with E-state index in [-0.39, 0.29) is 29.2 Å². The van der Waals surface area contributed by atoms with Crippen molar-refractivity contribution in [2.45, 2.75) is 32.6 Å². The second kappa shape index (κ2) is 11.5. The van der Waals surface area contributed by atoms with E-state index in [1.807, 2.05) is 26.1 Å². The number of likely N-dealkylation sites (N-methyl/N-ethyl adjacent to an activating group) is 1. The summed E-state index contributed by atoms with van der Waals surface area (Å²) < 4.78 is 30.3. The van der Waals surface area contributed by atoms with Gasteiger partial charge in [-0.05, 0) is 67.1 Å². The van der Waals surface area contributed by atoms with Gasteiger partial charge in [-0.25, -0.2) is 18.7 Å². The molecule has 43 heavy (non-hydrogen) atoms. The monoisotopic (exact) mass is 580 g/mol. The maximum Gasteiger partial charge on any atom is 0.255 e. The van der Waals surface area contributed by atoms with Crippen LogP contribution in [0.3, 0.4) is 0 Å². The van der Waals surface area contributed by atoms with E-state index >= 15 is 4.39 Å². The van der Waals surface area contributed by atoms with Crippen LogP contribution in [0, 0.1) is 24.6 Å². The van der Waals surface area contributed by atoms with Gasteiger partial charge in [-0.1, -0.05) is 24.0 Å². The highest BCUT2D eigenvalue weighted by molar-refractivity contribution is 6.04. The van der Waals surface area contributed by atoms with Crippen molar-refractivity contribution in [3.63, 3.8) is 0 Å². The molecule has 2 atom stereocenters. The summed E-state index contributed by atoms with van der Waals surface area (Å²) in [7, 11) is 2.01. The van der Waals surface area contributed by atoms with Crippen LogP contribution in [0.2, 0.25) is 0 Å². The van der Waals surface area contributed by atoms with Crippen LogP contribution in [-0.2, 0) is 11.3 Å². The SMILES string of the molecule is CC(=O)Nc1ncc2c(F)cc(C#Cc3cc(C(=O)Nc4ccc5c(c4)C(F)[C@H]4CN(C)CCN4C5)ccc3C)cc2n1. The lowest BCUT2D eigenvalue weighted by atomic mass is 9.90. The zero-order valence-electron chi connectivity index (χ0n) is 24.0. The Morgan fingerprint density at radius 1 is 1.05 bits per heavy atom. The number of amides is 2. The highest BCUT2D eigenvalue weighted by Gasteiger charge is 2.38. The molecule has 4 aromatic rings. The van der Waals surface area contributed by atoms with E-state index < -0.39 is 12.0 Å². The van der Waals surface area contributed by atoms with Crippen molar-refractivity contribution in [1.29, 1.82) is 0 Å². The molecule has 6 rings (SSSR count). The summed E-state index contributed by atoms with van der Waals surface area (Å²) in [5, 5.41) is 5.60. The lowest BCUT2D eigenvalue weighted by molar-refractivity contribution is -0.114. The first kappa shape index (κ1) is 28.4. The number of hydrogen-bond acceptors (Lipinski definition) is 6. The summed E-state index contributed by atoms with van der Waals surface area (Å²) >= 11 is 0. The highest BCUT2D eigenvalue weighted by Crippen LogP contribution is 2.37. The van der Waals surface area contributed by atoms with E-state index in [2.05, 4.69) is 42.2 Å². The lowest BCUT2D eigenvalue weighted by Crippen LogP contribution is -2.55. The molecule has 1 aromatic heterocycles. The molecule has 2 aliphatic rings. The Bertz CT molecular complexity index is 1830. The van der Waals surface area contributed by atoms with Gasteiger partial charge >= 0.3 is 0 Å². The molecule has 1 fully saturated rings. The number of hydrogen-bond donors (Lipinski definition) is 2. The minimum atomic E-state index is -1.13. The van der Waals surface area contributed by atoms with Gasteiger partial charge in [0.15, 0.2) is 0 Å². The molecule has 1 unspecified atom stereocenters. The molecule has 8 nitrogen and oxygen atoms in total. The molecule has 0 aliphatic carbocycles. The molecular formula is C33H30F2N6O2. The van der Waals surface area contributed by atoms with Crippen molar-refractivity contribution in [2.24, 2.45) is 0 Å². The fraction of sp³-hybridized carbons (Fsp3) is 0.273. The van der Waals surface area contributed by atoms with Gasteiger partial charge < -0.3 is 10.2 Å². The van der Waals surface area contributed by atoms with Crippen molar-refractivity contribution < 1.29 is 18.4 Å². The number of benzene rings is 3. The van der Waals surface area contributed by atoms with Crippen molar-refractivity contribution in [2.75, 3.05) is 37.3 Å². The van der Waals surface area contributed by atoms with E-state index in [4.69, 9.17) is 0 Å². The Balaban J connectivity index is 1.22. The third-order valence-electron chi connectivity index (χ3n) is 7.93. The number of carbonyl (C=O) groups is 2. The van der Waals surface area contributed by atoms with Crippen LogP contribution < -0.4 is 10.6 Å². The second-order valence-corrected chi connectivity index (χ2v) is 11.1. The van der Waals surface area contributed by atoms with Crippen molar-refractivity contribution in [1.82, 2.24) is 19.8 Å². The number of carbonyl (C=O) groups excluding carboxylic acids is 2. The van der Waals surface area contributed by atoms with Crippen molar-refractivity contribution in [3.05, 3.63) is 93.9 Å². The number of anilines is 2. The van der Waals surface area contributed by atoms with Crippen LogP contribution >= 0.6 is 0 Å². The maximum absolute atomic E-state index is 15.6. The van der Waals surface area contributed by atoms with E-state index in [0.29, 0.717) is 46.5 Å². The average molecular weight is 581 g/mol. The molecule has 1 saturated heterocycles. The quantitative estimate of drug-likeness (QED) is 0.338. The maximum atomic E-state index is 15.6. The van der Waals surface area contributed by atoms with Gasteiger partial charge in [0.2, 0.25) is 11.9 Å². The van der Waals surface area contributed by atoms with Gasteiger partial charge in [0.05, 0.1) is 16.9 Å². The fourth-order valence-corrected chi connectivity index (χ4v) is 5.59. The molecule has 10 heteroatoms. The highest BCUT2D eigenvalue weighted by atomic mass is 19.1. The van der Waals surface area contributed by atoms with E-state index in [1.165, 1.54) is 19.2 Å². The molecule has 3 aromatic carbocycles. The Kier molecular flexibility index (Phi) is 7.61.